The number of hydrogen-bond donors (Lipinski definition) is 0. The molecule has 3 aliphatic rings. The number of rotatable bonds is 4. The number of piperidine rings is 1. The Hall–Kier alpha value is -2.41. The van der Waals surface area contributed by atoms with Crippen LogP contribution in [0, 0.1) is 12.8 Å². The van der Waals surface area contributed by atoms with Crippen molar-refractivity contribution in [3.8, 4) is 0 Å². The van der Waals surface area contributed by atoms with Crippen molar-refractivity contribution in [3.05, 3.63) is 35.4 Å². The molecule has 0 aromatic heterocycles. The van der Waals surface area contributed by atoms with Gasteiger partial charge in [0.25, 0.3) is 5.91 Å². The summed E-state index contributed by atoms with van der Waals surface area (Å²) in [5.41, 5.74) is 1.82. The molecule has 3 aliphatic heterocycles. The van der Waals surface area contributed by atoms with E-state index in [2.05, 4.69) is 4.90 Å². The molecule has 1 aromatic carbocycles. The maximum Gasteiger partial charge on any atom is 0.253 e. The van der Waals surface area contributed by atoms with Crippen LogP contribution in [-0.4, -0.2) is 96.2 Å². The summed E-state index contributed by atoms with van der Waals surface area (Å²) >= 11 is 0. The number of hydrogen-bond acceptors (Lipinski definition) is 4. The van der Waals surface area contributed by atoms with Crippen LogP contribution in [0.15, 0.2) is 24.3 Å². The number of carbonyl (C=O) groups is 3. The van der Waals surface area contributed by atoms with Gasteiger partial charge in [0.1, 0.15) is 0 Å². The van der Waals surface area contributed by atoms with Crippen molar-refractivity contribution in [1.82, 2.24) is 19.6 Å². The minimum Gasteiger partial charge on any atom is -0.342 e. The first-order chi connectivity index (χ1) is 15.0. The van der Waals surface area contributed by atoms with Crippen molar-refractivity contribution in [1.29, 1.82) is 0 Å². The fourth-order valence-corrected chi connectivity index (χ4v) is 4.88. The summed E-state index contributed by atoms with van der Waals surface area (Å²) in [6.07, 6.45) is 3.92. The van der Waals surface area contributed by atoms with Gasteiger partial charge in [-0.1, -0.05) is 17.7 Å². The molecule has 0 bridgehead atoms. The molecule has 7 heteroatoms. The quantitative estimate of drug-likeness (QED) is 0.734. The van der Waals surface area contributed by atoms with Gasteiger partial charge >= 0.3 is 0 Å². The lowest BCUT2D eigenvalue weighted by Gasteiger charge is -2.39. The van der Waals surface area contributed by atoms with E-state index in [1.54, 1.807) is 0 Å². The second-order valence-corrected chi connectivity index (χ2v) is 9.15. The maximum atomic E-state index is 13.1. The fraction of sp³-hybridized carbons (Fsp3) is 0.625. The van der Waals surface area contributed by atoms with Gasteiger partial charge in [-0.25, -0.2) is 0 Å². The van der Waals surface area contributed by atoms with Crippen molar-refractivity contribution in [2.24, 2.45) is 5.92 Å². The monoisotopic (exact) mass is 426 g/mol. The molecule has 7 nitrogen and oxygen atoms in total. The molecule has 4 rings (SSSR count). The Morgan fingerprint density at radius 3 is 2.13 bits per heavy atom. The molecule has 1 unspecified atom stereocenters. The molecule has 1 atom stereocenters. The Kier molecular flexibility index (Phi) is 6.90. The average molecular weight is 427 g/mol. The van der Waals surface area contributed by atoms with E-state index in [1.165, 1.54) is 0 Å². The Morgan fingerprint density at radius 1 is 0.806 bits per heavy atom. The number of aryl methyl sites for hydroxylation is 1. The van der Waals surface area contributed by atoms with Crippen molar-refractivity contribution >= 4 is 17.7 Å². The molecule has 3 amide bonds. The zero-order valence-corrected chi connectivity index (χ0v) is 18.6. The van der Waals surface area contributed by atoms with Crippen LogP contribution in [0.2, 0.25) is 0 Å². The van der Waals surface area contributed by atoms with E-state index in [1.807, 2.05) is 45.9 Å². The first-order valence-electron chi connectivity index (χ1n) is 11.7. The van der Waals surface area contributed by atoms with Crippen LogP contribution in [0.5, 0.6) is 0 Å². The third-order valence-corrected chi connectivity index (χ3v) is 6.86. The normalized spacial score (nSPS) is 22.6. The van der Waals surface area contributed by atoms with Crippen LogP contribution >= 0.6 is 0 Å². The summed E-state index contributed by atoms with van der Waals surface area (Å²) in [6.45, 7) is 8.25. The van der Waals surface area contributed by atoms with Crippen molar-refractivity contribution in [2.45, 2.75) is 32.6 Å². The molecular weight excluding hydrogens is 392 g/mol. The van der Waals surface area contributed by atoms with Crippen LogP contribution in [-0.2, 0) is 9.59 Å². The largest absolute Gasteiger partial charge is 0.342 e. The molecular formula is C24H34N4O3. The number of amides is 3. The summed E-state index contributed by atoms with van der Waals surface area (Å²) in [6, 6.07) is 7.64. The van der Waals surface area contributed by atoms with Crippen LogP contribution < -0.4 is 0 Å². The highest BCUT2D eigenvalue weighted by Crippen LogP contribution is 2.22. The highest BCUT2D eigenvalue weighted by atomic mass is 16.2. The van der Waals surface area contributed by atoms with Gasteiger partial charge in [0.2, 0.25) is 11.8 Å². The molecule has 168 valence electrons. The predicted molar refractivity (Wildman–Crippen MR) is 119 cm³/mol. The van der Waals surface area contributed by atoms with E-state index in [9.17, 15) is 14.4 Å². The van der Waals surface area contributed by atoms with Gasteiger partial charge in [0, 0.05) is 57.9 Å². The smallest absolute Gasteiger partial charge is 0.253 e. The summed E-state index contributed by atoms with van der Waals surface area (Å²) in [7, 11) is 0. The number of nitrogens with zero attached hydrogens (tertiary/aromatic N) is 4. The van der Waals surface area contributed by atoms with Crippen molar-refractivity contribution in [2.75, 3.05) is 58.9 Å². The van der Waals surface area contributed by atoms with Crippen molar-refractivity contribution in [3.63, 3.8) is 0 Å². The molecule has 31 heavy (non-hydrogen) atoms. The first kappa shape index (κ1) is 21.8. The standard InChI is InChI=1S/C24H34N4O3/c1-19-6-8-20(9-7-19)23(30)28-12-4-5-21(17-28)24(31)27-15-13-25(14-16-27)18-22(29)26-10-2-3-11-26/h6-9,21H,2-5,10-18H2,1H3. The van der Waals surface area contributed by atoms with E-state index in [-0.39, 0.29) is 23.6 Å². The highest BCUT2D eigenvalue weighted by molar-refractivity contribution is 5.94. The third kappa shape index (κ3) is 5.26. The topological polar surface area (TPSA) is 64.2 Å². The lowest BCUT2D eigenvalue weighted by Crippen LogP contribution is -2.54. The predicted octanol–water partition coefficient (Wildman–Crippen LogP) is 1.61. The van der Waals surface area contributed by atoms with E-state index in [0.29, 0.717) is 38.3 Å². The van der Waals surface area contributed by atoms with Gasteiger partial charge in [0.15, 0.2) is 0 Å². The number of benzene rings is 1. The van der Waals surface area contributed by atoms with Crippen LogP contribution in [0.1, 0.15) is 41.6 Å². The molecule has 1 aromatic rings. The number of piperazine rings is 1. The van der Waals surface area contributed by atoms with Crippen LogP contribution in [0.25, 0.3) is 0 Å². The lowest BCUT2D eigenvalue weighted by molar-refractivity contribution is -0.139. The molecule has 3 saturated heterocycles. The van der Waals surface area contributed by atoms with Gasteiger partial charge in [-0.2, -0.15) is 0 Å². The van der Waals surface area contributed by atoms with Gasteiger partial charge in [0.05, 0.1) is 12.5 Å². The second-order valence-electron chi connectivity index (χ2n) is 9.15. The fourth-order valence-electron chi connectivity index (χ4n) is 4.88. The van der Waals surface area contributed by atoms with Gasteiger partial charge in [-0.05, 0) is 44.7 Å². The van der Waals surface area contributed by atoms with Crippen molar-refractivity contribution < 1.29 is 14.4 Å². The van der Waals surface area contributed by atoms with Gasteiger partial charge in [-0.15, -0.1) is 0 Å². The molecule has 3 heterocycles. The Labute approximate surface area is 185 Å². The second kappa shape index (κ2) is 9.81. The number of likely N-dealkylation sites (tertiary alicyclic amines) is 2. The van der Waals surface area contributed by atoms with E-state index in [4.69, 9.17) is 0 Å². The Balaban J connectivity index is 1.27. The minimum atomic E-state index is -0.124. The molecule has 0 aliphatic carbocycles. The van der Waals surface area contributed by atoms with E-state index >= 15 is 0 Å². The highest BCUT2D eigenvalue weighted by Gasteiger charge is 2.33. The SMILES string of the molecule is Cc1ccc(C(=O)N2CCCC(C(=O)N3CCN(CC(=O)N4CCCC4)CC3)C2)cc1. The summed E-state index contributed by atoms with van der Waals surface area (Å²) in [5, 5.41) is 0. The first-order valence-corrected chi connectivity index (χ1v) is 11.7. The Morgan fingerprint density at radius 2 is 1.45 bits per heavy atom. The zero-order valence-electron chi connectivity index (χ0n) is 18.6. The Bertz CT molecular complexity index is 796. The summed E-state index contributed by atoms with van der Waals surface area (Å²) < 4.78 is 0. The summed E-state index contributed by atoms with van der Waals surface area (Å²) in [4.78, 5) is 46.3. The van der Waals surface area contributed by atoms with Crippen LogP contribution in [0.4, 0.5) is 0 Å². The maximum absolute atomic E-state index is 13.1. The third-order valence-electron chi connectivity index (χ3n) is 6.86. The average Bonchev–Trinajstić information content (AvgIpc) is 3.34. The molecule has 0 radical (unpaired) electrons. The van der Waals surface area contributed by atoms with Crippen LogP contribution in [0.3, 0.4) is 0 Å². The molecule has 3 fully saturated rings. The van der Waals surface area contributed by atoms with E-state index in [0.717, 1.165) is 57.4 Å². The lowest BCUT2D eigenvalue weighted by atomic mass is 9.95. The van der Waals surface area contributed by atoms with Gasteiger partial charge in [-0.3, -0.25) is 19.3 Å². The molecule has 0 spiro atoms. The van der Waals surface area contributed by atoms with Gasteiger partial charge < -0.3 is 14.7 Å². The summed E-state index contributed by atoms with van der Waals surface area (Å²) in [5.74, 6) is 0.269. The molecule has 0 N–H and O–H groups in total. The zero-order chi connectivity index (χ0) is 21.8. The van der Waals surface area contributed by atoms with E-state index < -0.39 is 0 Å². The molecule has 0 saturated carbocycles. The minimum absolute atomic E-state index is 0.0164. The number of carbonyl (C=O) groups excluding carboxylic acids is 3.